The van der Waals surface area contributed by atoms with Crippen molar-refractivity contribution in [3.8, 4) is 0 Å². The third-order valence-electron chi connectivity index (χ3n) is 4.12. The Labute approximate surface area is 124 Å². The van der Waals surface area contributed by atoms with E-state index in [1.807, 2.05) is 4.90 Å². The Morgan fingerprint density at radius 3 is 2.90 bits per heavy atom. The molecule has 0 aromatic carbocycles. The molecule has 0 saturated carbocycles. The van der Waals surface area contributed by atoms with Gasteiger partial charge >= 0.3 is 5.97 Å². The third-order valence-corrected chi connectivity index (χ3v) is 4.12. The highest BCUT2D eigenvalue weighted by molar-refractivity contribution is 5.99. The average Bonchev–Trinajstić information content (AvgIpc) is 2.47. The van der Waals surface area contributed by atoms with Crippen LogP contribution < -0.4 is 0 Å². The maximum atomic E-state index is 12.7. The van der Waals surface area contributed by atoms with Crippen LogP contribution in [0.5, 0.6) is 0 Å². The molecule has 5 heteroatoms. The highest BCUT2D eigenvalue weighted by Crippen LogP contribution is 2.25. The summed E-state index contributed by atoms with van der Waals surface area (Å²) in [6.07, 6.45) is 7.65. The van der Waals surface area contributed by atoms with E-state index in [4.69, 9.17) is 5.11 Å². The molecule has 1 saturated heterocycles. The molecular formula is C16H20N2O3. The van der Waals surface area contributed by atoms with E-state index < -0.39 is 5.97 Å². The average molecular weight is 288 g/mol. The fourth-order valence-electron chi connectivity index (χ4n) is 2.67. The van der Waals surface area contributed by atoms with Crippen molar-refractivity contribution in [2.75, 3.05) is 6.54 Å². The van der Waals surface area contributed by atoms with Crippen molar-refractivity contribution < 1.29 is 14.7 Å². The van der Waals surface area contributed by atoms with E-state index in [0.29, 0.717) is 17.0 Å². The van der Waals surface area contributed by atoms with Gasteiger partial charge in [-0.1, -0.05) is 6.92 Å². The molecule has 1 N–H and O–H groups in total. The first kappa shape index (κ1) is 15.2. The van der Waals surface area contributed by atoms with Crippen LogP contribution in [0.1, 0.15) is 42.6 Å². The Balaban J connectivity index is 2.28. The number of likely N-dealkylation sites (tertiary alicyclic amines) is 1. The predicted octanol–water partition coefficient (Wildman–Crippen LogP) is 2.44. The second-order valence-corrected chi connectivity index (χ2v) is 5.49. The predicted molar refractivity (Wildman–Crippen MR) is 79.8 cm³/mol. The number of carbonyl (C=O) groups is 2. The molecule has 1 aromatic rings. The lowest BCUT2D eigenvalue weighted by atomic mass is 9.91. The molecule has 21 heavy (non-hydrogen) atoms. The quantitative estimate of drug-likeness (QED) is 0.867. The summed E-state index contributed by atoms with van der Waals surface area (Å²) in [6, 6.07) is 1.84. The van der Waals surface area contributed by atoms with Crippen LogP contribution in [0.3, 0.4) is 0 Å². The SMILES string of the molecule is CC1CCCN(C(=O)c2ccncc2C=CC(=O)O)C1C. The first-order chi connectivity index (χ1) is 10.0. The van der Waals surface area contributed by atoms with Crippen LogP contribution in [-0.4, -0.2) is 39.5 Å². The van der Waals surface area contributed by atoms with Crippen molar-refractivity contribution >= 4 is 18.0 Å². The molecule has 1 fully saturated rings. The summed E-state index contributed by atoms with van der Waals surface area (Å²) >= 11 is 0. The van der Waals surface area contributed by atoms with Gasteiger partial charge in [0.2, 0.25) is 0 Å². The van der Waals surface area contributed by atoms with E-state index in [1.54, 1.807) is 12.3 Å². The Morgan fingerprint density at radius 2 is 2.19 bits per heavy atom. The van der Waals surface area contributed by atoms with Gasteiger partial charge in [0.15, 0.2) is 0 Å². The minimum absolute atomic E-state index is 0.0542. The summed E-state index contributed by atoms with van der Waals surface area (Å²) in [5.41, 5.74) is 1.04. The van der Waals surface area contributed by atoms with Gasteiger partial charge in [-0.05, 0) is 37.8 Å². The minimum atomic E-state index is -1.04. The van der Waals surface area contributed by atoms with Crippen molar-refractivity contribution in [3.05, 3.63) is 35.7 Å². The molecule has 112 valence electrons. The van der Waals surface area contributed by atoms with E-state index >= 15 is 0 Å². The number of hydrogen-bond donors (Lipinski definition) is 1. The number of amides is 1. The van der Waals surface area contributed by atoms with E-state index in [0.717, 1.165) is 25.5 Å². The van der Waals surface area contributed by atoms with Crippen molar-refractivity contribution in [1.29, 1.82) is 0 Å². The highest BCUT2D eigenvalue weighted by atomic mass is 16.4. The van der Waals surface area contributed by atoms with Crippen LogP contribution in [0.4, 0.5) is 0 Å². The number of aromatic nitrogens is 1. The fourth-order valence-corrected chi connectivity index (χ4v) is 2.67. The Kier molecular flexibility index (Phi) is 4.73. The fraction of sp³-hybridized carbons (Fsp3) is 0.438. The maximum Gasteiger partial charge on any atom is 0.328 e. The summed E-state index contributed by atoms with van der Waals surface area (Å²) in [4.78, 5) is 29.2. The molecule has 0 spiro atoms. The highest BCUT2D eigenvalue weighted by Gasteiger charge is 2.29. The second kappa shape index (κ2) is 6.52. The lowest BCUT2D eigenvalue weighted by Crippen LogP contribution is -2.46. The summed E-state index contributed by atoms with van der Waals surface area (Å²) in [5.74, 6) is -0.624. The molecule has 0 aliphatic carbocycles. The Morgan fingerprint density at radius 1 is 1.43 bits per heavy atom. The van der Waals surface area contributed by atoms with Crippen molar-refractivity contribution in [2.45, 2.75) is 32.7 Å². The molecule has 5 nitrogen and oxygen atoms in total. The number of aliphatic carboxylic acids is 1. The number of rotatable bonds is 3. The van der Waals surface area contributed by atoms with Gasteiger partial charge in [0.05, 0.1) is 0 Å². The van der Waals surface area contributed by atoms with Crippen LogP contribution in [-0.2, 0) is 4.79 Å². The molecule has 2 atom stereocenters. The lowest BCUT2D eigenvalue weighted by Gasteiger charge is -2.38. The van der Waals surface area contributed by atoms with Crippen LogP contribution in [0.2, 0.25) is 0 Å². The van der Waals surface area contributed by atoms with Gasteiger partial charge in [-0.2, -0.15) is 0 Å². The van der Waals surface area contributed by atoms with Gasteiger partial charge in [-0.3, -0.25) is 9.78 Å². The van der Waals surface area contributed by atoms with Crippen LogP contribution in [0.25, 0.3) is 6.08 Å². The molecule has 2 heterocycles. The van der Waals surface area contributed by atoms with Gasteiger partial charge in [-0.15, -0.1) is 0 Å². The number of carbonyl (C=O) groups excluding carboxylic acids is 1. The van der Waals surface area contributed by atoms with Crippen LogP contribution in [0, 0.1) is 5.92 Å². The topological polar surface area (TPSA) is 70.5 Å². The Bertz CT molecular complexity index is 568. The monoisotopic (exact) mass is 288 g/mol. The molecule has 0 bridgehead atoms. The van der Waals surface area contributed by atoms with Gasteiger partial charge < -0.3 is 10.0 Å². The molecule has 2 rings (SSSR count). The molecular weight excluding hydrogens is 268 g/mol. The van der Waals surface area contributed by atoms with Gasteiger partial charge in [0.25, 0.3) is 5.91 Å². The molecule has 2 unspecified atom stereocenters. The zero-order chi connectivity index (χ0) is 15.4. The zero-order valence-corrected chi connectivity index (χ0v) is 12.3. The van der Waals surface area contributed by atoms with Gasteiger partial charge in [0, 0.05) is 42.2 Å². The Hall–Kier alpha value is -2.17. The first-order valence-corrected chi connectivity index (χ1v) is 7.16. The number of carboxylic acids is 1. The normalized spacial score (nSPS) is 22.5. The molecule has 1 aliphatic heterocycles. The lowest BCUT2D eigenvalue weighted by molar-refractivity contribution is -0.131. The number of piperidine rings is 1. The third kappa shape index (κ3) is 3.48. The van der Waals surface area contributed by atoms with Crippen LogP contribution >= 0.6 is 0 Å². The van der Waals surface area contributed by atoms with Gasteiger partial charge in [0.1, 0.15) is 0 Å². The van der Waals surface area contributed by atoms with E-state index in [2.05, 4.69) is 18.8 Å². The van der Waals surface area contributed by atoms with E-state index in [1.165, 1.54) is 12.3 Å². The van der Waals surface area contributed by atoms with E-state index in [-0.39, 0.29) is 11.9 Å². The summed E-state index contributed by atoms with van der Waals surface area (Å²) in [5, 5.41) is 8.73. The number of pyridine rings is 1. The van der Waals surface area contributed by atoms with Gasteiger partial charge in [-0.25, -0.2) is 4.79 Å². The van der Waals surface area contributed by atoms with E-state index in [9.17, 15) is 9.59 Å². The van der Waals surface area contributed by atoms with Crippen molar-refractivity contribution in [1.82, 2.24) is 9.88 Å². The standard InChI is InChI=1S/C16H20N2O3/c1-11-4-3-9-18(12(11)2)16(21)14-7-8-17-10-13(14)5-6-15(19)20/h5-8,10-12H,3-4,9H2,1-2H3,(H,19,20). The molecule has 1 aliphatic rings. The van der Waals surface area contributed by atoms with Crippen molar-refractivity contribution in [2.24, 2.45) is 5.92 Å². The summed E-state index contributed by atoms with van der Waals surface area (Å²) in [6.45, 7) is 4.96. The minimum Gasteiger partial charge on any atom is -0.478 e. The largest absolute Gasteiger partial charge is 0.478 e. The second-order valence-electron chi connectivity index (χ2n) is 5.49. The number of nitrogens with zero attached hydrogens (tertiary/aromatic N) is 2. The zero-order valence-electron chi connectivity index (χ0n) is 12.3. The summed E-state index contributed by atoms with van der Waals surface area (Å²) in [7, 11) is 0. The molecule has 1 aromatic heterocycles. The number of hydrogen-bond acceptors (Lipinski definition) is 3. The maximum absolute atomic E-state index is 12.7. The number of carboxylic acid groups (broad SMARTS) is 1. The molecule has 1 amide bonds. The summed E-state index contributed by atoms with van der Waals surface area (Å²) < 4.78 is 0. The first-order valence-electron chi connectivity index (χ1n) is 7.16. The molecule has 0 radical (unpaired) electrons. The smallest absolute Gasteiger partial charge is 0.328 e. The van der Waals surface area contributed by atoms with Crippen LogP contribution in [0.15, 0.2) is 24.5 Å². The van der Waals surface area contributed by atoms with Crippen molar-refractivity contribution in [3.63, 3.8) is 0 Å².